The molecule has 1 atom stereocenters. The first kappa shape index (κ1) is 21.0. The number of benzene rings is 2. The van der Waals surface area contributed by atoms with Crippen molar-refractivity contribution in [2.24, 2.45) is 14.1 Å². The normalized spacial score (nSPS) is 17.5. The zero-order valence-electron chi connectivity index (χ0n) is 18.4. The third-order valence-electron chi connectivity index (χ3n) is 6.29. The predicted octanol–water partition coefficient (Wildman–Crippen LogP) is 4.32. The summed E-state index contributed by atoms with van der Waals surface area (Å²) in [5.41, 5.74) is 3.10. The van der Waals surface area contributed by atoms with Crippen LogP contribution in [-0.2, 0) is 24.4 Å². The van der Waals surface area contributed by atoms with E-state index in [0.29, 0.717) is 17.5 Å². The van der Waals surface area contributed by atoms with Gasteiger partial charge in [-0.05, 0) is 37.1 Å². The van der Waals surface area contributed by atoms with Crippen molar-refractivity contribution in [3.8, 4) is 11.3 Å². The topological polar surface area (TPSA) is 58.2 Å². The largest absolute Gasteiger partial charge is 0.365 e. The van der Waals surface area contributed by atoms with E-state index in [1.807, 2.05) is 54.6 Å². The van der Waals surface area contributed by atoms with E-state index in [4.69, 9.17) is 4.74 Å². The van der Waals surface area contributed by atoms with Crippen LogP contribution in [0.2, 0.25) is 0 Å². The summed E-state index contributed by atoms with van der Waals surface area (Å²) in [6.07, 6.45) is -0.409. The molecule has 0 radical (unpaired) electrons. The van der Waals surface area contributed by atoms with Gasteiger partial charge in [0.15, 0.2) is 0 Å². The van der Waals surface area contributed by atoms with Gasteiger partial charge in [0.2, 0.25) is 0 Å². The van der Waals surface area contributed by atoms with Gasteiger partial charge >= 0.3 is 5.69 Å². The molecule has 4 aromatic rings. The van der Waals surface area contributed by atoms with Crippen LogP contribution in [0.25, 0.3) is 22.2 Å². The van der Waals surface area contributed by atoms with E-state index in [1.54, 1.807) is 11.6 Å². The summed E-state index contributed by atoms with van der Waals surface area (Å²) in [7, 11) is 3.25. The molecule has 2 aromatic carbocycles. The fourth-order valence-electron chi connectivity index (χ4n) is 4.76. The molecular weight excluding hydrogens is 470 g/mol. The molecule has 0 fully saturated rings. The van der Waals surface area contributed by atoms with Crippen molar-refractivity contribution in [1.29, 1.82) is 0 Å². The number of aromatic nitrogens is 3. The minimum absolute atomic E-state index is 0.297. The monoisotopic (exact) mass is 493 g/mol. The van der Waals surface area contributed by atoms with Crippen LogP contribution in [0.1, 0.15) is 31.2 Å². The Labute approximate surface area is 193 Å². The van der Waals surface area contributed by atoms with Gasteiger partial charge in [-0.2, -0.15) is 0 Å². The van der Waals surface area contributed by atoms with E-state index >= 15 is 0 Å². The van der Waals surface area contributed by atoms with Crippen molar-refractivity contribution < 1.29 is 4.74 Å². The Hall–Kier alpha value is -2.90. The van der Waals surface area contributed by atoms with Crippen LogP contribution in [0.3, 0.4) is 0 Å². The third-order valence-corrected chi connectivity index (χ3v) is 6.81. The molecule has 6 nitrogen and oxygen atoms in total. The molecule has 0 saturated carbocycles. The average Bonchev–Trinajstić information content (AvgIpc) is 3.15. The Morgan fingerprint density at radius 1 is 0.969 bits per heavy atom. The number of nitrogens with zero attached hydrogens (tertiary/aromatic N) is 3. The van der Waals surface area contributed by atoms with Crippen LogP contribution < -0.4 is 11.2 Å². The van der Waals surface area contributed by atoms with Gasteiger partial charge in [-0.3, -0.25) is 13.9 Å². The van der Waals surface area contributed by atoms with Gasteiger partial charge in [-0.15, -0.1) is 0 Å². The highest BCUT2D eigenvalue weighted by Gasteiger charge is 2.40. The Morgan fingerprint density at radius 2 is 1.62 bits per heavy atom. The van der Waals surface area contributed by atoms with Crippen molar-refractivity contribution in [3.05, 3.63) is 91.2 Å². The molecule has 0 unspecified atom stereocenters. The highest BCUT2D eigenvalue weighted by atomic mass is 79.9. The van der Waals surface area contributed by atoms with E-state index in [9.17, 15) is 9.59 Å². The lowest BCUT2D eigenvalue weighted by Gasteiger charge is -2.39. The minimum Gasteiger partial charge on any atom is -0.365 e. The lowest BCUT2D eigenvalue weighted by molar-refractivity contribution is -0.00707. The number of rotatable bonds is 2. The standard InChI is InChI=1S/C25H24BrN3O3/c1-25(2)14-32-22(16-10-12-17(26)13-11-16)21-20-18(23(30)28(4)24(31)27(20)3)19(29(21)25)15-8-6-5-7-9-15/h5-13,22H,14H2,1-4H3/t22-/m0/s1. The average molecular weight is 494 g/mol. The van der Waals surface area contributed by atoms with Crippen LogP contribution in [-0.4, -0.2) is 20.3 Å². The molecule has 0 saturated heterocycles. The van der Waals surface area contributed by atoms with Crippen molar-refractivity contribution in [3.63, 3.8) is 0 Å². The fourth-order valence-corrected chi connectivity index (χ4v) is 5.02. The first-order valence-electron chi connectivity index (χ1n) is 10.5. The fraction of sp³-hybridized carbons (Fsp3) is 0.280. The molecule has 2 aromatic heterocycles. The second-order valence-corrected chi connectivity index (χ2v) is 9.84. The van der Waals surface area contributed by atoms with Crippen LogP contribution >= 0.6 is 15.9 Å². The summed E-state index contributed by atoms with van der Waals surface area (Å²) in [5.74, 6) is 0. The predicted molar refractivity (Wildman–Crippen MR) is 129 cm³/mol. The number of ether oxygens (including phenoxy) is 1. The molecule has 0 N–H and O–H groups in total. The maximum atomic E-state index is 13.5. The third kappa shape index (κ3) is 2.95. The molecule has 32 heavy (non-hydrogen) atoms. The van der Waals surface area contributed by atoms with Gasteiger partial charge in [-0.25, -0.2) is 4.79 Å². The second-order valence-electron chi connectivity index (χ2n) is 8.92. The summed E-state index contributed by atoms with van der Waals surface area (Å²) in [6.45, 7) is 4.67. The highest BCUT2D eigenvalue weighted by Crippen LogP contribution is 2.45. The van der Waals surface area contributed by atoms with Crippen LogP contribution in [0.15, 0.2) is 68.7 Å². The second kappa shape index (κ2) is 7.32. The van der Waals surface area contributed by atoms with Crippen LogP contribution in [0.4, 0.5) is 0 Å². The molecule has 0 spiro atoms. The van der Waals surface area contributed by atoms with E-state index in [1.165, 1.54) is 11.6 Å². The summed E-state index contributed by atoms with van der Waals surface area (Å²) in [6, 6.07) is 17.9. The Bertz CT molecular complexity index is 1460. The summed E-state index contributed by atoms with van der Waals surface area (Å²) < 4.78 is 12.4. The van der Waals surface area contributed by atoms with Crippen molar-refractivity contribution >= 4 is 26.8 Å². The molecule has 0 amide bonds. The van der Waals surface area contributed by atoms with Crippen LogP contribution in [0.5, 0.6) is 0 Å². The van der Waals surface area contributed by atoms with E-state index < -0.39 is 11.6 Å². The SMILES string of the molecule is Cn1c(=O)c2c(-c3ccccc3)n3c(c2n(C)c1=O)[C@H](c1ccc(Br)cc1)OCC3(C)C. The van der Waals surface area contributed by atoms with Gasteiger partial charge in [0.25, 0.3) is 5.56 Å². The highest BCUT2D eigenvalue weighted by molar-refractivity contribution is 9.10. The van der Waals surface area contributed by atoms with Crippen molar-refractivity contribution in [1.82, 2.24) is 13.7 Å². The zero-order chi connectivity index (χ0) is 22.8. The molecule has 164 valence electrons. The molecule has 3 heterocycles. The van der Waals surface area contributed by atoms with Gasteiger partial charge in [0.05, 0.1) is 34.4 Å². The van der Waals surface area contributed by atoms with E-state index in [0.717, 1.165) is 27.0 Å². The summed E-state index contributed by atoms with van der Waals surface area (Å²) >= 11 is 3.50. The molecular formula is C25H24BrN3O3. The summed E-state index contributed by atoms with van der Waals surface area (Å²) in [4.78, 5) is 26.5. The van der Waals surface area contributed by atoms with Crippen molar-refractivity contribution in [2.75, 3.05) is 6.61 Å². The van der Waals surface area contributed by atoms with Gasteiger partial charge in [0, 0.05) is 18.6 Å². The molecule has 7 heteroatoms. The molecule has 5 rings (SSSR count). The quantitative estimate of drug-likeness (QED) is 0.417. The number of halogens is 1. The first-order valence-corrected chi connectivity index (χ1v) is 11.3. The zero-order valence-corrected chi connectivity index (χ0v) is 20.0. The van der Waals surface area contributed by atoms with Gasteiger partial charge in [0.1, 0.15) is 6.10 Å². The smallest absolute Gasteiger partial charge is 0.331 e. The first-order chi connectivity index (χ1) is 15.2. The maximum Gasteiger partial charge on any atom is 0.331 e. The van der Waals surface area contributed by atoms with Gasteiger partial charge < -0.3 is 9.30 Å². The number of fused-ring (bicyclic) bond motifs is 3. The number of hydrogen-bond donors (Lipinski definition) is 0. The molecule has 0 aliphatic carbocycles. The van der Waals surface area contributed by atoms with E-state index in [2.05, 4.69) is 34.3 Å². The molecule has 1 aliphatic heterocycles. The Kier molecular flexibility index (Phi) is 4.80. The minimum atomic E-state index is -0.424. The number of aryl methyl sites for hydroxylation is 1. The van der Waals surface area contributed by atoms with Gasteiger partial charge in [-0.1, -0.05) is 58.4 Å². The molecule has 0 bridgehead atoms. The lowest BCUT2D eigenvalue weighted by Crippen LogP contribution is -2.40. The Morgan fingerprint density at radius 3 is 2.28 bits per heavy atom. The molecule has 1 aliphatic rings. The van der Waals surface area contributed by atoms with Crippen LogP contribution in [0, 0.1) is 0 Å². The number of hydrogen-bond acceptors (Lipinski definition) is 3. The van der Waals surface area contributed by atoms with E-state index in [-0.39, 0.29) is 11.2 Å². The summed E-state index contributed by atoms with van der Waals surface area (Å²) in [5, 5.41) is 0.538. The van der Waals surface area contributed by atoms with Crippen molar-refractivity contribution in [2.45, 2.75) is 25.5 Å². The maximum absolute atomic E-state index is 13.5. The Balaban J connectivity index is 2.01. The lowest BCUT2D eigenvalue weighted by atomic mass is 9.98.